The van der Waals surface area contributed by atoms with Crippen molar-refractivity contribution < 1.29 is 47.9 Å². The Kier molecular flexibility index (Phi) is 44.5. The Labute approximate surface area is 367 Å². The van der Waals surface area contributed by atoms with Crippen molar-refractivity contribution in [3.63, 3.8) is 0 Å². The lowest BCUT2D eigenvalue weighted by Crippen LogP contribution is -2.19. The van der Waals surface area contributed by atoms with Crippen LogP contribution in [-0.4, -0.2) is 88.6 Å². The van der Waals surface area contributed by atoms with Crippen molar-refractivity contribution in [2.45, 2.75) is 207 Å². The van der Waals surface area contributed by atoms with E-state index in [-0.39, 0.29) is 32.4 Å². The van der Waals surface area contributed by atoms with Gasteiger partial charge in [-0.1, -0.05) is 148 Å². The Hall–Kier alpha value is -2.27. The second-order valence-electron chi connectivity index (χ2n) is 16.8. The molecule has 0 spiro atoms. The number of hydrogen-bond donors (Lipinski definition) is 1. The zero-order valence-corrected chi connectivity index (χ0v) is 39.1. The fourth-order valence-corrected chi connectivity index (χ4v) is 6.74. The van der Waals surface area contributed by atoms with E-state index in [0.29, 0.717) is 58.7 Å². The molecule has 0 saturated heterocycles. The fourth-order valence-electron chi connectivity index (χ4n) is 6.74. The molecule has 0 aliphatic carbocycles. The highest BCUT2D eigenvalue weighted by atomic mass is 16.6. The molecule has 1 N–H and O–H groups in total. The van der Waals surface area contributed by atoms with Gasteiger partial charge in [-0.05, 0) is 88.9 Å². The third-order valence-corrected chi connectivity index (χ3v) is 10.6. The first-order valence-corrected chi connectivity index (χ1v) is 24.5. The van der Waals surface area contributed by atoms with E-state index in [0.717, 1.165) is 50.4 Å². The predicted molar refractivity (Wildman–Crippen MR) is 244 cm³/mol. The van der Waals surface area contributed by atoms with E-state index in [2.05, 4.69) is 52.0 Å². The van der Waals surface area contributed by atoms with Crippen molar-refractivity contribution in [3.8, 4) is 0 Å². The molecule has 0 bridgehead atoms. The second-order valence-corrected chi connectivity index (χ2v) is 16.8. The van der Waals surface area contributed by atoms with E-state index >= 15 is 0 Å². The van der Waals surface area contributed by atoms with Crippen LogP contribution in [0, 0.1) is 11.8 Å². The van der Waals surface area contributed by atoms with E-state index in [1.54, 1.807) is 0 Å². The fraction of sp³-hybridized carbons (Fsp3) is 0.860. The SMILES string of the molecule is CCCCCC(C)C/C=C\CCCCCCCCOC(=O)COCCOCCCC(O)CCCOC(=O)COCC(=O)OCCCCCCC/C=C/CC(C)CCCCC. The Balaban J connectivity index is 3.47. The quantitative estimate of drug-likeness (QED) is 0.0274. The Morgan fingerprint density at radius 2 is 0.817 bits per heavy atom. The van der Waals surface area contributed by atoms with Gasteiger partial charge in [-0.25, -0.2) is 14.4 Å². The second kappa shape index (κ2) is 46.2. The standard InChI is InChI=1S/C50H92O10/c1-5-7-22-30-45(3)32-24-18-14-10-9-12-16-20-26-37-58-48(52)42-56-41-40-55-36-28-34-47(51)35-29-39-60-50(54)44-57-43-49(53)59-38-27-21-17-13-11-15-19-25-33-46(4)31-23-8-6-2/h18-19,24-25,45-47,51H,5-17,20-23,26-44H2,1-4H3/b24-18-,25-19+. The number of carbonyl (C=O) groups is 3. The van der Waals surface area contributed by atoms with Gasteiger partial charge < -0.3 is 33.5 Å². The van der Waals surface area contributed by atoms with E-state index in [1.165, 1.54) is 109 Å². The Morgan fingerprint density at radius 1 is 0.417 bits per heavy atom. The van der Waals surface area contributed by atoms with Gasteiger partial charge in [0.05, 0.1) is 39.1 Å². The minimum atomic E-state index is -0.550. The van der Waals surface area contributed by atoms with Crippen molar-refractivity contribution in [1.82, 2.24) is 0 Å². The largest absolute Gasteiger partial charge is 0.464 e. The lowest BCUT2D eigenvalue weighted by atomic mass is 9.99. The van der Waals surface area contributed by atoms with Crippen LogP contribution < -0.4 is 0 Å². The molecule has 3 atom stereocenters. The first kappa shape index (κ1) is 57.7. The van der Waals surface area contributed by atoms with Gasteiger partial charge in [-0.3, -0.25) is 0 Å². The molecule has 0 saturated carbocycles. The van der Waals surface area contributed by atoms with Crippen molar-refractivity contribution in [2.24, 2.45) is 11.8 Å². The van der Waals surface area contributed by atoms with Gasteiger partial charge in [-0.15, -0.1) is 0 Å². The molecule has 3 unspecified atom stereocenters. The number of allylic oxidation sites excluding steroid dienone is 4. The number of ether oxygens (including phenoxy) is 6. The van der Waals surface area contributed by atoms with Crippen molar-refractivity contribution >= 4 is 17.9 Å². The molecule has 352 valence electrons. The summed E-state index contributed by atoms with van der Waals surface area (Å²) >= 11 is 0. The zero-order valence-electron chi connectivity index (χ0n) is 39.1. The van der Waals surface area contributed by atoms with Crippen LogP contribution in [0.5, 0.6) is 0 Å². The van der Waals surface area contributed by atoms with Gasteiger partial charge in [0.25, 0.3) is 0 Å². The summed E-state index contributed by atoms with van der Waals surface area (Å²) in [7, 11) is 0. The molecule has 0 aliphatic heterocycles. The number of carbonyl (C=O) groups excluding carboxylic acids is 3. The molecular formula is C50H92O10. The van der Waals surface area contributed by atoms with Crippen molar-refractivity contribution in [1.29, 1.82) is 0 Å². The number of rotatable bonds is 46. The highest BCUT2D eigenvalue weighted by molar-refractivity contribution is 5.73. The first-order valence-electron chi connectivity index (χ1n) is 24.5. The summed E-state index contributed by atoms with van der Waals surface area (Å²) in [6, 6.07) is 0. The zero-order chi connectivity index (χ0) is 44.0. The van der Waals surface area contributed by atoms with Gasteiger partial charge in [0.1, 0.15) is 19.8 Å². The van der Waals surface area contributed by atoms with Crippen LogP contribution in [0.1, 0.15) is 201 Å². The lowest BCUT2D eigenvalue weighted by Gasteiger charge is -2.11. The average Bonchev–Trinajstić information content (AvgIpc) is 3.23. The summed E-state index contributed by atoms with van der Waals surface area (Å²) in [5.41, 5.74) is 0. The molecule has 0 rings (SSSR count). The maximum atomic E-state index is 11.9. The first-order chi connectivity index (χ1) is 29.3. The maximum Gasteiger partial charge on any atom is 0.332 e. The summed E-state index contributed by atoms with van der Waals surface area (Å²) in [4.78, 5) is 35.6. The lowest BCUT2D eigenvalue weighted by molar-refractivity contribution is -0.155. The summed E-state index contributed by atoms with van der Waals surface area (Å²) in [6.45, 7) is 10.7. The Morgan fingerprint density at radius 3 is 1.30 bits per heavy atom. The number of esters is 3. The van der Waals surface area contributed by atoms with Crippen molar-refractivity contribution in [2.75, 3.05) is 59.5 Å². The van der Waals surface area contributed by atoms with Gasteiger partial charge in [0.2, 0.25) is 0 Å². The van der Waals surface area contributed by atoms with Crippen molar-refractivity contribution in [3.05, 3.63) is 24.3 Å². The summed E-state index contributed by atoms with van der Waals surface area (Å²) in [5, 5.41) is 10.2. The highest BCUT2D eigenvalue weighted by Crippen LogP contribution is 2.16. The monoisotopic (exact) mass is 853 g/mol. The molecule has 0 heterocycles. The normalized spacial score (nSPS) is 13.2. The number of hydrogen-bond acceptors (Lipinski definition) is 10. The maximum absolute atomic E-state index is 11.9. The van der Waals surface area contributed by atoms with Gasteiger partial charge in [0, 0.05) is 6.61 Å². The minimum absolute atomic E-state index is 0.0751. The highest BCUT2D eigenvalue weighted by Gasteiger charge is 2.10. The van der Waals surface area contributed by atoms with E-state index in [1.807, 2.05) is 0 Å². The molecule has 0 amide bonds. The third-order valence-electron chi connectivity index (χ3n) is 10.6. The number of aliphatic hydroxyl groups is 1. The molecule has 0 aromatic rings. The smallest absolute Gasteiger partial charge is 0.332 e. The molecule has 0 aromatic heterocycles. The number of aliphatic hydroxyl groups excluding tert-OH is 1. The minimum Gasteiger partial charge on any atom is -0.464 e. The van der Waals surface area contributed by atoms with Gasteiger partial charge >= 0.3 is 17.9 Å². The summed E-state index contributed by atoms with van der Waals surface area (Å²) < 4.78 is 31.6. The average molecular weight is 853 g/mol. The van der Waals surface area contributed by atoms with Crippen LogP contribution >= 0.6 is 0 Å². The van der Waals surface area contributed by atoms with E-state index < -0.39 is 18.0 Å². The molecule has 10 nitrogen and oxygen atoms in total. The molecular weight excluding hydrogens is 761 g/mol. The van der Waals surface area contributed by atoms with Crippen LogP contribution in [0.3, 0.4) is 0 Å². The molecule has 0 fully saturated rings. The Bertz CT molecular complexity index is 1010. The summed E-state index contributed by atoms with van der Waals surface area (Å²) in [6.07, 6.45) is 38.7. The predicted octanol–water partition coefficient (Wildman–Crippen LogP) is 12.0. The van der Waals surface area contributed by atoms with Crippen LogP contribution in [0.2, 0.25) is 0 Å². The van der Waals surface area contributed by atoms with Crippen LogP contribution in [0.4, 0.5) is 0 Å². The van der Waals surface area contributed by atoms with Gasteiger partial charge in [-0.2, -0.15) is 0 Å². The third kappa shape index (κ3) is 45.3. The van der Waals surface area contributed by atoms with Crippen LogP contribution in [0.25, 0.3) is 0 Å². The van der Waals surface area contributed by atoms with Crippen LogP contribution in [0.15, 0.2) is 24.3 Å². The van der Waals surface area contributed by atoms with E-state index in [9.17, 15) is 19.5 Å². The molecule has 0 radical (unpaired) electrons. The van der Waals surface area contributed by atoms with E-state index in [4.69, 9.17) is 28.4 Å². The van der Waals surface area contributed by atoms with Crippen LogP contribution in [-0.2, 0) is 42.8 Å². The molecule has 0 aromatic carbocycles. The molecule has 10 heteroatoms. The molecule has 0 aliphatic rings. The topological polar surface area (TPSA) is 127 Å². The summed E-state index contributed by atoms with van der Waals surface area (Å²) in [5.74, 6) is 0.205. The number of unbranched alkanes of at least 4 members (excludes halogenated alkanes) is 15. The van der Waals surface area contributed by atoms with Gasteiger partial charge in [0.15, 0.2) is 0 Å². The molecule has 60 heavy (non-hydrogen) atoms.